The number of morpholine rings is 1. The number of carbonyl (C=O) groups is 1. The van der Waals surface area contributed by atoms with Gasteiger partial charge in [0, 0.05) is 26.2 Å². The minimum absolute atomic E-state index is 0.147. The number of hydrogen-bond acceptors (Lipinski definition) is 6. The van der Waals surface area contributed by atoms with Gasteiger partial charge in [-0.3, -0.25) is 9.69 Å². The maximum absolute atomic E-state index is 14.0. The normalized spacial score (nSPS) is 19.0. The maximum Gasteiger partial charge on any atom is 0.244 e. The number of nitrogens with one attached hydrogen (secondary N) is 2. The number of sulfonamides is 1. The zero-order valence-corrected chi connectivity index (χ0v) is 19.4. The van der Waals surface area contributed by atoms with Crippen molar-refractivity contribution < 1.29 is 22.3 Å². The van der Waals surface area contributed by atoms with Crippen LogP contribution in [0.4, 0.5) is 4.39 Å². The highest BCUT2D eigenvalue weighted by Gasteiger charge is 2.28. The molecule has 1 saturated heterocycles. The molecule has 2 N–H and O–H groups in total. The molecule has 2 atom stereocenters. The van der Waals surface area contributed by atoms with Gasteiger partial charge in [-0.15, -0.1) is 0 Å². The van der Waals surface area contributed by atoms with E-state index in [-0.39, 0.29) is 6.10 Å². The number of ether oxygens (including phenoxy) is 1. The summed E-state index contributed by atoms with van der Waals surface area (Å²) in [6, 6.07) is 4.13. The first-order valence-corrected chi connectivity index (χ1v) is 13.0. The lowest BCUT2D eigenvalue weighted by Gasteiger charge is -2.34. The van der Waals surface area contributed by atoms with Crippen molar-refractivity contribution in [1.82, 2.24) is 14.9 Å². The van der Waals surface area contributed by atoms with Crippen molar-refractivity contribution >= 4 is 27.7 Å². The second-order valence-electron chi connectivity index (χ2n) is 7.78. The lowest BCUT2D eigenvalue weighted by atomic mass is 10.1. The van der Waals surface area contributed by atoms with Gasteiger partial charge in [0.2, 0.25) is 15.9 Å². The number of benzene rings is 1. The molecule has 2 rings (SSSR count). The van der Waals surface area contributed by atoms with Crippen LogP contribution in [0.2, 0.25) is 0 Å². The molecule has 0 aliphatic carbocycles. The van der Waals surface area contributed by atoms with Crippen molar-refractivity contribution in [3.8, 4) is 0 Å². The van der Waals surface area contributed by atoms with Crippen LogP contribution in [0.5, 0.6) is 0 Å². The average Bonchev–Trinajstić information content (AvgIpc) is 2.69. The van der Waals surface area contributed by atoms with Crippen LogP contribution < -0.4 is 10.0 Å². The summed E-state index contributed by atoms with van der Waals surface area (Å²) in [7, 11) is -4.17. The van der Waals surface area contributed by atoms with E-state index >= 15 is 0 Å². The molecule has 1 aliphatic rings. The predicted molar refractivity (Wildman–Crippen MR) is 118 cm³/mol. The van der Waals surface area contributed by atoms with Gasteiger partial charge in [-0.25, -0.2) is 12.8 Å². The Morgan fingerprint density at radius 2 is 2.10 bits per heavy atom. The van der Waals surface area contributed by atoms with Crippen molar-refractivity contribution in [3.05, 3.63) is 30.1 Å². The fourth-order valence-electron chi connectivity index (χ4n) is 3.32. The van der Waals surface area contributed by atoms with Crippen LogP contribution in [-0.4, -0.2) is 76.2 Å². The molecule has 10 heteroatoms. The molecular weight excluding hydrogens is 429 g/mol. The van der Waals surface area contributed by atoms with E-state index < -0.39 is 32.7 Å². The molecular formula is C20H32FN3O4S2. The minimum atomic E-state index is -4.17. The Kier molecular flexibility index (Phi) is 10.0. The van der Waals surface area contributed by atoms with Gasteiger partial charge >= 0.3 is 0 Å². The third-order valence-corrected chi connectivity index (χ3v) is 6.85. The van der Waals surface area contributed by atoms with Crippen LogP contribution in [0.15, 0.2) is 29.2 Å². The molecule has 1 aromatic rings. The first kappa shape index (κ1) is 25.1. The molecule has 1 fully saturated rings. The summed E-state index contributed by atoms with van der Waals surface area (Å²) < 4.78 is 47.3. The summed E-state index contributed by atoms with van der Waals surface area (Å²) in [5.74, 6) is -0.162. The van der Waals surface area contributed by atoms with Gasteiger partial charge in [0.15, 0.2) is 0 Å². The van der Waals surface area contributed by atoms with Crippen molar-refractivity contribution in [2.75, 3.05) is 44.8 Å². The zero-order valence-electron chi connectivity index (χ0n) is 17.8. The van der Waals surface area contributed by atoms with E-state index in [0.717, 1.165) is 25.7 Å². The molecule has 0 bridgehead atoms. The minimum Gasteiger partial charge on any atom is -0.374 e. The predicted octanol–water partition coefficient (Wildman–Crippen LogP) is 1.70. The Morgan fingerprint density at radius 1 is 1.37 bits per heavy atom. The van der Waals surface area contributed by atoms with Crippen molar-refractivity contribution in [1.29, 1.82) is 0 Å². The van der Waals surface area contributed by atoms with Crippen LogP contribution in [0.25, 0.3) is 0 Å². The molecule has 0 radical (unpaired) electrons. The summed E-state index contributed by atoms with van der Waals surface area (Å²) in [5.41, 5.74) is 0. The summed E-state index contributed by atoms with van der Waals surface area (Å²) >= 11 is 1.50. The first-order valence-electron chi connectivity index (χ1n) is 10.1. The number of rotatable bonds is 11. The number of thioether (sulfide) groups is 1. The topological polar surface area (TPSA) is 87.7 Å². The van der Waals surface area contributed by atoms with Gasteiger partial charge in [-0.2, -0.15) is 16.5 Å². The van der Waals surface area contributed by atoms with E-state index in [1.807, 2.05) is 6.26 Å². The van der Waals surface area contributed by atoms with Crippen molar-refractivity contribution in [2.45, 2.75) is 37.3 Å². The van der Waals surface area contributed by atoms with Crippen LogP contribution in [0.3, 0.4) is 0 Å². The average molecular weight is 462 g/mol. The Morgan fingerprint density at radius 3 is 2.77 bits per heavy atom. The smallest absolute Gasteiger partial charge is 0.244 e. The monoisotopic (exact) mass is 461 g/mol. The van der Waals surface area contributed by atoms with Gasteiger partial charge in [-0.05, 0) is 36.5 Å². The Labute approximate surface area is 183 Å². The Balaban J connectivity index is 1.99. The van der Waals surface area contributed by atoms with E-state index in [2.05, 4.69) is 28.8 Å². The number of hydrogen-bond donors (Lipinski definition) is 2. The van der Waals surface area contributed by atoms with Gasteiger partial charge in [0.25, 0.3) is 0 Å². The summed E-state index contributed by atoms with van der Waals surface area (Å²) in [4.78, 5) is 14.6. The lowest BCUT2D eigenvalue weighted by Crippen LogP contribution is -2.52. The van der Waals surface area contributed by atoms with E-state index in [1.54, 1.807) is 0 Å². The number of amides is 1. The van der Waals surface area contributed by atoms with Gasteiger partial charge < -0.3 is 10.1 Å². The van der Waals surface area contributed by atoms with E-state index in [9.17, 15) is 17.6 Å². The summed E-state index contributed by atoms with van der Waals surface area (Å²) in [6.07, 6.45) is 2.02. The standard InChI is InChI=1S/C20H32FN3O4S2/c1-15(2)13-24-9-10-28-16(14-24)12-22-20(25)18(8-11-29-3)23-30(26,27)19-7-5-4-6-17(19)21/h4-7,15-16,18,23H,8-14H2,1-3H3,(H,22,25). The zero-order chi connectivity index (χ0) is 22.1. The second kappa shape index (κ2) is 12.0. The molecule has 0 saturated carbocycles. The maximum atomic E-state index is 14.0. The molecule has 0 spiro atoms. The van der Waals surface area contributed by atoms with Crippen molar-refractivity contribution in [3.63, 3.8) is 0 Å². The van der Waals surface area contributed by atoms with Crippen LogP contribution >= 0.6 is 11.8 Å². The second-order valence-corrected chi connectivity index (χ2v) is 10.4. The molecule has 0 aromatic heterocycles. The molecule has 1 heterocycles. The van der Waals surface area contributed by atoms with Crippen LogP contribution in [0.1, 0.15) is 20.3 Å². The molecule has 1 aliphatic heterocycles. The quantitative estimate of drug-likeness (QED) is 0.522. The van der Waals surface area contributed by atoms with E-state index in [1.165, 1.54) is 30.0 Å². The summed E-state index contributed by atoms with van der Waals surface area (Å²) in [5, 5.41) is 2.80. The van der Waals surface area contributed by atoms with Gasteiger partial charge in [0.1, 0.15) is 16.8 Å². The molecule has 2 unspecified atom stereocenters. The van der Waals surface area contributed by atoms with E-state index in [4.69, 9.17) is 4.74 Å². The third-order valence-electron chi connectivity index (χ3n) is 4.70. The highest BCUT2D eigenvalue weighted by Crippen LogP contribution is 2.15. The molecule has 1 aromatic carbocycles. The largest absolute Gasteiger partial charge is 0.374 e. The Hall–Kier alpha value is -1.20. The van der Waals surface area contributed by atoms with E-state index in [0.29, 0.717) is 31.2 Å². The van der Waals surface area contributed by atoms with Gasteiger partial charge in [0.05, 0.1) is 12.7 Å². The fourth-order valence-corrected chi connectivity index (χ4v) is 5.10. The lowest BCUT2D eigenvalue weighted by molar-refractivity contribution is -0.124. The highest BCUT2D eigenvalue weighted by molar-refractivity contribution is 7.98. The molecule has 7 nitrogen and oxygen atoms in total. The summed E-state index contributed by atoms with van der Waals surface area (Å²) in [6.45, 7) is 7.76. The van der Waals surface area contributed by atoms with Crippen LogP contribution in [0, 0.1) is 11.7 Å². The molecule has 30 heavy (non-hydrogen) atoms. The third kappa shape index (κ3) is 7.81. The number of halogens is 1. The van der Waals surface area contributed by atoms with Gasteiger partial charge in [-0.1, -0.05) is 26.0 Å². The van der Waals surface area contributed by atoms with Crippen LogP contribution in [-0.2, 0) is 19.6 Å². The van der Waals surface area contributed by atoms with Crippen molar-refractivity contribution in [2.24, 2.45) is 5.92 Å². The molecule has 1 amide bonds. The fraction of sp³-hybridized carbons (Fsp3) is 0.650. The SMILES string of the molecule is CSCCC(NS(=O)(=O)c1ccccc1F)C(=O)NCC1CN(CC(C)C)CCO1. The molecule has 170 valence electrons. The highest BCUT2D eigenvalue weighted by atomic mass is 32.2. The number of nitrogens with zero attached hydrogens (tertiary/aromatic N) is 1. The number of carbonyl (C=O) groups excluding carboxylic acids is 1. The Bertz CT molecular complexity index is 792. The first-order chi connectivity index (χ1) is 14.2.